The number of hydrogen-bond donors (Lipinski definition) is 3. The van der Waals surface area contributed by atoms with Crippen LogP contribution >= 0.6 is 24.8 Å². The van der Waals surface area contributed by atoms with Gasteiger partial charge < -0.3 is 29.8 Å². The second-order valence-electron chi connectivity index (χ2n) is 4.76. The SMILES string of the molecule is CCOC(=O)C(N)CO.CCOC(=O)C1COC(C)=N1.CCOC(C)=N.Cl.Cl. The van der Waals surface area contributed by atoms with Crippen LogP contribution in [0, 0.1) is 5.41 Å². The molecule has 12 heteroatoms. The predicted octanol–water partition coefficient (Wildman–Crippen LogP) is 1.10. The van der Waals surface area contributed by atoms with Gasteiger partial charge in [-0.15, -0.1) is 24.8 Å². The first-order chi connectivity index (χ1) is 12.2. The van der Waals surface area contributed by atoms with Gasteiger partial charge in [0.15, 0.2) is 17.8 Å². The van der Waals surface area contributed by atoms with Gasteiger partial charge in [0.05, 0.1) is 26.4 Å². The minimum Gasteiger partial charge on any atom is -0.482 e. The molecule has 2 unspecified atom stereocenters. The fourth-order valence-corrected chi connectivity index (χ4v) is 1.39. The van der Waals surface area contributed by atoms with E-state index in [-0.39, 0.29) is 43.3 Å². The van der Waals surface area contributed by atoms with Crippen LogP contribution in [-0.2, 0) is 28.5 Å². The van der Waals surface area contributed by atoms with E-state index in [9.17, 15) is 9.59 Å². The van der Waals surface area contributed by atoms with E-state index in [2.05, 4.69) is 14.5 Å². The van der Waals surface area contributed by atoms with Crippen LogP contribution in [0.1, 0.15) is 34.6 Å². The van der Waals surface area contributed by atoms with Crippen LogP contribution in [0.4, 0.5) is 0 Å². The highest BCUT2D eigenvalue weighted by Crippen LogP contribution is 2.05. The number of nitrogens with one attached hydrogen (secondary N) is 1. The number of esters is 2. The average Bonchev–Trinajstić information content (AvgIpc) is 3.02. The van der Waals surface area contributed by atoms with Gasteiger partial charge in [0, 0.05) is 13.8 Å². The topological polar surface area (TPSA) is 154 Å². The minimum atomic E-state index is -0.884. The quantitative estimate of drug-likeness (QED) is 0.309. The molecule has 0 saturated heterocycles. The van der Waals surface area contributed by atoms with Crippen LogP contribution in [-0.4, -0.2) is 74.0 Å². The Morgan fingerprint density at radius 2 is 1.71 bits per heavy atom. The lowest BCUT2D eigenvalue weighted by atomic mass is 10.3. The maximum atomic E-state index is 11.0. The van der Waals surface area contributed by atoms with Crippen LogP contribution in [0.25, 0.3) is 0 Å². The molecule has 168 valence electrons. The van der Waals surface area contributed by atoms with Gasteiger partial charge in [-0.25, -0.2) is 9.79 Å². The van der Waals surface area contributed by atoms with E-state index in [1.807, 2.05) is 6.92 Å². The number of nitrogens with two attached hydrogens (primary N) is 1. The van der Waals surface area contributed by atoms with Crippen molar-refractivity contribution in [3.8, 4) is 0 Å². The summed E-state index contributed by atoms with van der Waals surface area (Å²) in [6, 6.07) is -1.32. The molecule has 28 heavy (non-hydrogen) atoms. The zero-order chi connectivity index (χ0) is 20.5. The van der Waals surface area contributed by atoms with Crippen LogP contribution in [0.3, 0.4) is 0 Å². The van der Waals surface area contributed by atoms with E-state index in [1.165, 1.54) is 0 Å². The van der Waals surface area contributed by atoms with E-state index in [0.717, 1.165) is 0 Å². The summed E-state index contributed by atoms with van der Waals surface area (Å²) < 4.78 is 18.8. The lowest BCUT2D eigenvalue weighted by molar-refractivity contribution is -0.146. The molecule has 10 nitrogen and oxygen atoms in total. The predicted molar refractivity (Wildman–Crippen MR) is 111 cm³/mol. The number of aliphatic hydroxyl groups is 1. The van der Waals surface area contributed by atoms with Crippen molar-refractivity contribution in [1.82, 2.24) is 0 Å². The van der Waals surface area contributed by atoms with Crippen molar-refractivity contribution >= 4 is 48.5 Å². The zero-order valence-corrected chi connectivity index (χ0v) is 18.6. The number of carbonyl (C=O) groups is 2. The van der Waals surface area contributed by atoms with Gasteiger partial charge >= 0.3 is 11.9 Å². The first kappa shape index (κ1) is 33.9. The summed E-state index contributed by atoms with van der Waals surface area (Å²) in [6.45, 7) is 9.91. The van der Waals surface area contributed by atoms with Gasteiger partial charge in [-0.2, -0.15) is 0 Å². The Hall–Kier alpha value is -1.62. The van der Waals surface area contributed by atoms with Crippen molar-refractivity contribution in [2.45, 2.75) is 46.7 Å². The van der Waals surface area contributed by atoms with E-state index >= 15 is 0 Å². The first-order valence-electron chi connectivity index (χ1n) is 8.28. The normalized spacial score (nSPS) is 14.5. The second-order valence-corrected chi connectivity index (χ2v) is 4.76. The molecule has 1 heterocycles. The highest BCUT2D eigenvalue weighted by molar-refractivity contribution is 5.85. The molecule has 0 aromatic rings. The molecule has 1 aliphatic heterocycles. The van der Waals surface area contributed by atoms with Crippen LogP contribution < -0.4 is 5.73 Å². The Morgan fingerprint density at radius 1 is 1.21 bits per heavy atom. The summed E-state index contributed by atoms with van der Waals surface area (Å²) in [5.74, 6) is -0.00935. The molecule has 2 atom stereocenters. The van der Waals surface area contributed by atoms with Crippen molar-refractivity contribution in [2.24, 2.45) is 10.7 Å². The largest absolute Gasteiger partial charge is 0.482 e. The van der Waals surface area contributed by atoms with Crippen molar-refractivity contribution in [3.63, 3.8) is 0 Å². The standard InChI is InChI=1S/C7H11NO3.C5H11NO3.C4H9NO.2ClH/c1-3-10-7(9)6-4-11-5(2)8-6;1-2-9-5(8)4(6)3-7;1-3-6-4(2)5;;/h6H,3-4H2,1-2H3;4,7H,2-3,6H2,1H3;5H,3H2,1-2H3;2*1H. The summed E-state index contributed by atoms with van der Waals surface area (Å²) in [5.41, 5.74) is 5.08. The average molecular weight is 450 g/mol. The maximum Gasteiger partial charge on any atom is 0.334 e. The molecule has 0 amide bonds. The summed E-state index contributed by atoms with van der Waals surface area (Å²) in [5, 5.41) is 15.0. The molecule has 1 aliphatic rings. The summed E-state index contributed by atoms with van der Waals surface area (Å²) in [6.07, 6.45) is 0. The highest BCUT2D eigenvalue weighted by Gasteiger charge is 2.24. The lowest BCUT2D eigenvalue weighted by Crippen LogP contribution is -2.35. The van der Waals surface area contributed by atoms with Crippen LogP contribution in [0.2, 0.25) is 0 Å². The summed E-state index contributed by atoms with van der Waals surface area (Å²) in [4.78, 5) is 25.4. The number of halogens is 2. The van der Waals surface area contributed by atoms with Crippen molar-refractivity contribution in [1.29, 1.82) is 5.41 Å². The number of nitrogens with zero attached hydrogens (tertiary/aromatic N) is 1. The summed E-state index contributed by atoms with van der Waals surface area (Å²) in [7, 11) is 0. The van der Waals surface area contributed by atoms with Gasteiger partial charge in [0.2, 0.25) is 0 Å². The third kappa shape index (κ3) is 19.2. The van der Waals surface area contributed by atoms with Gasteiger partial charge in [-0.05, 0) is 20.8 Å². The maximum absolute atomic E-state index is 11.0. The van der Waals surface area contributed by atoms with Gasteiger partial charge in [0.25, 0.3) is 0 Å². The van der Waals surface area contributed by atoms with Crippen molar-refractivity contribution in [3.05, 3.63) is 0 Å². The molecule has 4 N–H and O–H groups in total. The van der Waals surface area contributed by atoms with E-state index in [0.29, 0.717) is 32.3 Å². The fraction of sp³-hybridized carbons (Fsp3) is 0.750. The smallest absolute Gasteiger partial charge is 0.334 e. The number of hydrogen-bond acceptors (Lipinski definition) is 10. The van der Waals surface area contributed by atoms with Gasteiger partial charge in [-0.3, -0.25) is 10.2 Å². The second kappa shape index (κ2) is 21.7. The summed E-state index contributed by atoms with van der Waals surface area (Å²) >= 11 is 0. The molecule has 0 aromatic heterocycles. The third-order valence-corrected chi connectivity index (χ3v) is 2.49. The molecular weight excluding hydrogens is 417 g/mol. The number of ether oxygens (including phenoxy) is 4. The number of aliphatic hydroxyl groups excluding tert-OH is 1. The van der Waals surface area contributed by atoms with Crippen LogP contribution in [0.15, 0.2) is 4.99 Å². The Bertz CT molecular complexity index is 466. The molecule has 0 bridgehead atoms. The van der Waals surface area contributed by atoms with E-state index < -0.39 is 18.1 Å². The Kier molecular flexibility index (Phi) is 26.3. The Labute approximate surface area is 178 Å². The molecule has 1 rings (SSSR count). The monoisotopic (exact) mass is 449 g/mol. The molecule has 0 aromatic carbocycles. The third-order valence-electron chi connectivity index (χ3n) is 2.49. The highest BCUT2D eigenvalue weighted by atomic mass is 35.5. The van der Waals surface area contributed by atoms with Crippen LogP contribution in [0.5, 0.6) is 0 Å². The molecule has 0 aliphatic carbocycles. The number of carbonyl (C=O) groups excluding carboxylic acids is 2. The first-order valence-corrected chi connectivity index (χ1v) is 8.28. The van der Waals surface area contributed by atoms with Gasteiger partial charge in [0.1, 0.15) is 12.6 Å². The molecule has 0 saturated carbocycles. The van der Waals surface area contributed by atoms with Crippen molar-refractivity contribution in [2.75, 3.05) is 33.0 Å². The fourth-order valence-electron chi connectivity index (χ4n) is 1.39. The van der Waals surface area contributed by atoms with E-state index in [1.54, 1.807) is 27.7 Å². The number of rotatable bonds is 6. The number of aliphatic imine (C=N–C) groups is 1. The Morgan fingerprint density at radius 3 is 2.00 bits per heavy atom. The molecular formula is C16H33Cl2N3O7. The zero-order valence-electron chi connectivity index (χ0n) is 16.9. The van der Waals surface area contributed by atoms with E-state index in [4.69, 9.17) is 25.7 Å². The minimum absolute atomic E-state index is 0. The van der Waals surface area contributed by atoms with Crippen molar-refractivity contribution < 1.29 is 33.6 Å². The molecule has 0 spiro atoms. The Balaban J connectivity index is -0.000000155. The van der Waals surface area contributed by atoms with Gasteiger partial charge in [-0.1, -0.05) is 0 Å². The molecule has 0 radical (unpaired) electrons. The lowest BCUT2D eigenvalue weighted by Gasteiger charge is -2.05. The molecule has 0 fully saturated rings.